The van der Waals surface area contributed by atoms with Crippen molar-refractivity contribution in [3.63, 3.8) is 0 Å². The van der Waals surface area contributed by atoms with Crippen LogP contribution in [0.3, 0.4) is 0 Å². The third-order valence-corrected chi connectivity index (χ3v) is 6.28. The summed E-state index contributed by atoms with van der Waals surface area (Å²) in [6, 6.07) is 30.0. The van der Waals surface area contributed by atoms with Crippen LogP contribution in [-0.2, 0) is 5.41 Å². The van der Waals surface area contributed by atoms with E-state index in [1.165, 1.54) is 25.8 Å². The van der Waals surface area contributed by atoms with Crippen molar-refractivity contribution < 1.29 is 10.2 Å². The second-order valence-electron chi connectivity index (χ2n) is 7.08. The van der Waals surface area contributed by atoms with E-state index >= 15 is 0 Å². The van der Waals surface area contributed by atoms with Crippen molar-refractivity contribution in [1.82, 2.24) is 0 Å². The van der Waals surface area contributed by atoms with Crippen molar-refractivity contribution in [2.24, 2.45) is 0 Å². The van der Waals surface area contributed by atoms with Crippen LogP contribution in [0.4, 0.5) is 0 Å². The first kappa shape index (κ1) is 17.3. The fraction of sp³-hybridized carbons (Fsp3) is 0.0400. The highest BCUT2D eigenvalue weighted by Gasteiger charge is 2.46. The predicted molar refractivity (Wildman–Crippen MR) is 120 cm³/mol. The smallest absolute Gasteiger partial charge is 0.115 e. The Morgan fingerprint density at radius 3 is 1.71 bits per heavy atom. The molecule has 2 N–H and O–H groups in total. The van der Waals surface area contributed by atoms with Gasteiger partial charge in [0.05, 0.1) is 5.41 Å². The molecule has 0 heterocycles. The van der Waals surface area contributed by atoms with Gasteiger partial charge in [0.15, 0.2) is 0 Å². The number of benzene rings is 4. The molecule has 0 aliphatic heterocycles. The molecule has 1 aliphatic rings. The average molecular weight is 476 g/mol. The maximum atomic E-state index is 9.89. The number of hydrogen-bond acceptors (Lipinski definition) is 2. The first-order chi connectivity index (χ1) is 13.6. The van der Waals surface area contributed by atoms with Crippen molar-refractivity contribution in [2.45, 2.75) is 5.41 Å². The van der Waals surface area contributed by atoms with Crippen molar-refractivity contribution in [3.8, 4) is 22.6 Å². The van der Waals surface area contributed by atoms with E-state index in [1.54, 1.807) is 24.3 Å². The molecule has 0 fully saturated rings. The third-order valence-electron chi connectivity index (χ3n) is 5.61. The summed E-state index contributed by atoms with van der Waals surface area (Å²) in [6.07, 6.45) is 0. The van der Waals surface area contributed by atoms with E-state index in [-0.39, 0.29) is 11.5 Å². The number of aromatic hydroxyl groups is 2. The third kappa shape index (κ3) is 2.39. The van der Waals surface area contributed by atoms with Crippen molar-refractivity contribution in [1.29, 1.82) is 0 Å². The summed E-state index contributed by atoms with van der Waals surface area (Å²) < 4.78 is 1.17. The molecule has 2 nitrogen and oxygen atoms in total. The lowest BCUT2D eigenvalue weighted by atomic mass is 9.68. The van der Waals surface area contributed by atoms with Crippen molar-refractivity contribution >= 4 is 22.6 Å². The second-order valence-corrected chi connectivity index (χ2v) is 8.32. The normalized spacial score (nSPS) is 13.8. The monoisotopic (exact) mass is 476 g/mol. The van der Waals surface area contributed by atoms with E-state index in [0.717, 1.165) is 11.1 Å². The molecule has 4 aromatic rings. The molecular formula is C25H17IO2. The van der Waals surface area contributed by atoms with Crippen LogP contribution in [-0.4, -0.2) is 10.2 Å². The van der Waals surface area contributed by atoms with Gasteiger partial charge in [0.2, 0.25) is 0 Å². The molecule has 0 amide bonds. The minimum atomic E-state index is -0.505. The summed E-state index contributed by atoms with van der Waals surface area (Å²) in [5.41, 5.74) is 6.54. The molecule has 5 rings (SSSR count). The van der Waals surface area contributed by atoms with E-state index < -0.39 is 5.41 Å². The Morgan fingerprint density at radius 2 is 1.11 bits per heavy atom. The van der Waals surface area contributed by atoms with Gasteiger partial charge in [-0.25, -0.2) is 0 Å². The van der Waals surface area contributed by atoms with Gasteiger partial charge in [-0.05, 0) is 92.4 Å². The largest absolute Gasteiger partial charge is 0.508 e. The van der Waals surface area contributed by atoms with Crippen molar-refractivity contribution in [3.05, 3.63) is 117 Å². The highest BCUT2D eigenvalue weighted by Crippen LogP contribution is 2.56. The van der Waals surface area contributed by atoms with Gasteiger partial charge in [-0.3, -0.25) is 0 Å². The number of fused-ring (bicyclic) bond motifs is 3. The Hall–Kier alpha value is -2.79. The van der Waals surface area contributed by atoms with E-state index in [9.17, 15) is 10.2 Å². The van der Waals surface area contributed by atoms with Crippen LogP contribution < -0.4 is 0 Å². The van der Waals surface area contributed by atoms with Crippen molar-refractivity contribution in [2.75, 3.05) is 0 Å². The molecule has 0 saturated heterocycles. The lowest BCUT2D eigenvalue weighted by Gasteiger charge is -2.34. The first-order valence-corrected chi connectivity index (χ1v) is 10.2. The van der Waals surface area contributed by atoms with E-state index in [2.05, 4.69) is 65.1 Å². The molecule has 1 aliphatic carbocycles. The molecule has 0 atom stereocenters. The Balaban J connectivity index is 1.96. The lowest BCUT2D eigenvalue weighted by Crippen LogP contribution is -2.28. The maximum absolute atomic E-state index is 9.89. The molecule has 0 bridgehead atoms. The van der Waals surface area contributed by atoms with Crippen LogP contribution in [0.1, 0.15) is 22.3 Å². The summed E-state index contributed by atoms with van der Waals surface area (Å²) in [6.45, 7) is 0. The SMILES string of the molecule is Oc1ccc(C2(c3ccc(O)cc3)c3ccccc3-c3ccc(I)cc32)cc1. The van der Waals surface area contributed by atoms with Gasteiger partial charge in [0, 0.05) is 3.57 Å². The minimum Gasteiger partial charge on any atom is -0.508 e. The predicted octanol–water partition coefficient (Wildman–Crippen LogP) is 6.07. The van der Waals surface area contributed by atoms with Crippen LogP contribution >= 0.6 is 22.6 Å². The first-order valence-electron chi connectivity index (χ1n) is 9.09. The summed E-state index contributed by atoms with van der Waals surface area (Å²) in [5, 5.41) is 19.8. The van der Waals surface area contributed by atoms with Gasteiger partial charge in [0.25, 0.3) is 0 Å². The summed E-state index contributed by atoms with van der Waals surface area (Å²) in [7, 11) is 0. The van der Waals surface area contributed by atoms with Gasteiger partial charge >= 0.3 is 0 Å². The van der Waals surface area contributed by atoms with E-state index in [4.69, 9.17) is 0 Å². The molecule has 0 saturated carbocycles. The number of phenolic OH excluding ortho intramolecular Hbond substituents is 2. The van der Waals surface area contributed by atoms with Crippen LogP contribution in [0.5, 0.6) is 11.5 Å². The number of hydrogen-bond donors (Lipinski definition) is 2. The second kappa shape index (κ2) is 6.38. The maximum Gasteiger partial charge on any atom is 0.115 e. The van der Waals surface area contributed by atoms with Gasteiger partial charge in [-0.15, -0.1) is 0 Å². The standard InChI is InChI=1S/C25H17IO2/c26-18-9-14-22-21-3-1-2-4-23(21)25(24(22)15-18,16-5-10-19(27)11-6-16)17-7-12-20(28)13-8-17/h1-15,27-28H. The number of halogens is 1. The van der Waals surface area contributed by atoms with E-state index in [0.29, 0.717) is 0 Å². The summed E-state index contributed by atoms with van der Waals surface area (Å²) in [5.74, 6) is 0.498. The molecule has 0 unspecified atom stereocenters. The quantitative estimate of drug-likeness (QED) is 0.304. The lowest BCUT2D eigenvalue weighted by molar-refractivity contribution is 0.475. The fourth-order valence-electron chi connectivity index (χ4n) is 4.46. The zero-order valence-corrected chi connectivity index (χ0v) is 17.1. The molecule has 28 heavy (non-hydrogen) atoms. The topological polar surface area (TPSA) is 40.5 Å². The zero-order chi connectivity index (χ0) is 19.3. The molecule has 0 aromatic heterocycles. The van der Waals surface area contributed by atoms with Crippen LogP contribution in [0.25, 0.3) is 11.1 Å². The van der Waals surface area contributed by atoms with Gasteiger partial charge in [-0.1, -0.05) is 54.6 Å². The van der Waals surface area contributed by atoms with Crippen LogP contribution in [0.2, 0.25) is 0 Å². The number of phenols is 2. The highest BCUT2D eigenvalue weighted by molar-refractivity contribution is 14.1. The zero-order valence-electron chi connectivity index (χ0n) is 14.9. The van der Waals surface area contributed by atoms with Crippen LogP contribution in [0.15, 0.2) is 91.0 Å². The highest BCUT2D eigenvalue weighted by atomic mass is 127. The molecule has 4 aromatic carbocycles. The minimum absolute atomic E-state index is 0.249. The Morgan fingerprint density at radius 1 is 0.571 bits per heavy atom. The van der Waals surface area contributed by atoms with E-state index in [1.807, 2.05) is 24.3 Å². The summed E-state index contributed by atoms with van der Waals surface area (Å²) >= 11 is 2.36. The molecule has 136 valence electrons. The molecule has 3 heteroatoms. The van der Waals surface area contributed by atoms with Crippen LogP contribution in [0, 0.1) is 3.57 Å². The van der Waals surface area contributed by atoms with Gasteiger partial charge in [0.1, 0.15) is 11.5 Å². The fourth-order valence-corrected chi connectivity index (χ4v) is 4.95. The Bertz CT molecular complexity index is 1130. The summed E-state index contributed by atoms with van der Waals surface area (Å²) in [4.78, 5) is 0. The Kier molecular flexibility index (Phi) is 3.95. The average Bonchev–Trinajstić information content (AvgIpc) is 3.00. The molecule has 0 radical (unpaired) electrons. The number of rotatable bonds is 2. The molecule has 0 spiro atoms. The van der Waals surface area contributed by atoms with Gasteiger partial charge < -0.3 is 10.2 Å². The van der Waals surface area contributed by atoms with Gasteiger partial charge in [-0.2, -0.15) is 0 Å². The Labute approximate surface area is 177 Å². The molecular weight excluding hydrogens is 459 g/mol.